The lowest BCUT2D eigenvalue weighted by molar-refractivity contribution is 0.0447. The Bertz CT molecular complexity index is 658. The number of carbonyl (C=O) groups excluding carboxylic acids is 1. The van der Waals surface area contributed by atoms with E-state index >= 15 is 0 Å². The van der Waals surface area contributed by atoms with Gasteiger partial charge in [0.15, 0.2) is 0 Å². The fraction of sp³-hybridized carbons (Fsp3) is 0.235. The van der Waals surface area contributed by atoms with Crippen molar-refractivity contribution in [3.8, 4) is 17.2 Å². The van der Waals surface area contributed by atoms with E-state index in [2.05, 4.69) is 0 Å². The lowest BCUT2D eigenvalue weighted by Gasteiger charge is -2.09. The van der Waals surface area contributed by atoms with Crippen LogP contribution in [0.2, 0.25) is 0 Å². The van der Waals surface area contributed by atoms with Crippen molar-refractivity contribution in [3.63, 3.8) is 0 Å². The van der Waals surface area contributed by atoms with Crippen molar-refractivity contribution in [1.82, 2.24) is 0 Å². The smallest absolute Gasteiger partial charge is 0.342 e. The van der Waals surface area contributed by atoms with Gasteiger partial charge in [-0.2, -0.15) is 0 Å². The highest BCUT2D eigenvalue weighted by Crippen LogP contribution is 2.23. The number of phenols is 2. The maximum atomic E-state index is 11.8. The SMILES string of the molecule is Cc1cc(C)cc(OCCOC(=O)c2ccc(O)cc2O)c1. The van der Waals surface area contributed by atoms with Gasteiger partial charge in [0.25, 0.3) is 0 Å². The first-order valence-electron chi connectivity index (χ1n) is 6.86. The topological polar surface area (TPSA) is 76.0 Å². The van der Waals surface area contributed by atoms with Crippen molar-refractivity contribution in [2.24, 2.45) is 0 Å². The number of hydrogen-bond donors (Lipinski definition) is 2. The second kappa shape index (κ2) is 6.85. The molecule has 0 aromatic heterocycles. The molecule has 0 saturated heterocycles. The molecule has 0 atom stereocenters. The van der Waals surface area contributed by atoms with Gasteiger partial charge in [0.05, 0.1) is 0 Å². The molecular formula is C17H18O5. The van der Waals surface area contributed by atoms with Crippen molar-refractivity contribution in [2.75, 3.05) is 13.2 Å². The summed E-state index contributed by atoms with van der Waals surface area (Å²) in [6.07, 6.45) is 0. The molecule has 0 saturated carbocycles. The molecule has 0 heterocycles. The van der Waals surface area contributed by atoms with E-state index < -0.39 is 5.97 Å². The second-order valence-electron chi connectivity index (χ2n) is 5.01. The number of benzene rings is 2. The Morgan fingerprint density at radius 2 is 1.68 bits per heavy atom. The molecule has 5 nitrogen and oxygen atoms in total. The van der Waals surface area contributed by atoms with Crippen LogP contribution < -0.4 is 4.74 Å². The van der Waals surface area contributed by atoms with E-state index in [1.165, 1.54) is 12.1 Å². The molecule has 0 radical (unpaired) electrons. The fourth-order valence-electron chi connectivity index (χ4n) is 2.08. The van der Waals surface area contributed by atoms with Crippen molar-refractivity contribution in [3.05, 3.63) is 53.1 Å². The first kappa shape index (κ1) is 15.7. The van der Waals surface area contributed by atoms with E-state index in [-0.39, 0.29) is 30.3 Å². The minimum Gasteiger partial charge on any atom is -0.508 e. The molecule has 0 amide bonds. The molecule has 0 spiro atoms. The monoisotopic (exact) mass is 302 g/mol. The highest BCUT2D eigenvalue weighted by Gasteiger charge is 2.13. The first-order chi connectivity index (χ1) is 10.5. The summed E-state index contributed by atoms with van der Waals surface area (Å²) < 4.78 is 10.5. The van der Waals surface area contributed by atoms with Crippen LogP contribution >= 0.6 is 0 Å². The average molecular weight is 302 g/mol. The maximum Gasteiger partial charge on any atom is 0.342 e. The zero-order chi connectivity index (χ0) is 16.1. The maximum absolute atomic E-state index is 11.8. The van der Waals surface area contributed by atoms with Crippen LogP contribution in [0.4, 0.5) is 0 Å². The van der Waals surface area contributed by atoms with Crippen LogP contribution in [-0.2, 0) is 4.74 Å². The largest absolute Gasteiger partial charge is 0.508 e. The second-order valence-corrected chi connectivity index (χ2v) is 5.01. The van der Waals surface area contributed by atoms with Crippen LogP contribution in [-0.4, -0.2) is 29.4 Å². The minimum absolute atomic E-state index is 0.00389. The van der Waals surface area contributed by atoms with Gasteiger partial charge in [-0.3, -0.25) is 0 Å². The molecule has 22 heavy (non-hydrogen) atoms. The summed E-state index contributed by atoms with van der Waals surface area (Å²) >= 11 is 0. The third-order valence-electron chi connectivity index (χ3n) is 2.98. The van der Waals surface area contributed by atoms with Crippen molar-refractivity contribution in [1.29, 1.82) is 0 Å². The molecule has 0 unspecified atom stereocenters. The summed E-state index contributed by atoms with van der Waals surface area (Å²) in [5.74, 6) is -0.380. The summed E-state index contributed by atoms with van der Waals surface area (Å²) in [7, 11) is 0. The molecule has 2 aromatic rings. The molecule has 0 fully saturated rings. The Balaban J connectivity index is 1.84. The number of ether oxygens (including phenoxy) is 2. The highest BCUT2D eigenvalue weighted by molar-refractivity contribution is 5.92. The number of hydrogen-bond acceptors (Lipinski definition) is 5. The number of aryl methyl sites for hydroxylation is 2. The van der Waals surface area contributed by atoms with E-state index in [4.69, 9.17) is 9.47 Å². The number of phenolic OH excluding ortho intramolecular Hbond substituents is 2. The molecular weight excluding hydrogens is 284 g/mol. The standard InChI is InChI=1S/C17H18O5/c1-11-7-12(2)9-14(8-11)21-5-6-22-17(20)15-4-3-13(18)10-16(15)19/h3-4,7-10,18-19H,5-6H2,1-2H3. The Morgan fingerprint density at radius 1 is 1.00 bits per heavy atom. The third-order valence-corrected chi connectivity index (χ3v) is 2.98. The molecule has 5 heteroatoms. The number of carbonyl (C=O) groups is 1. The number of esters is 1. The Kier molecular flexibility index (Phi) is 4.88. The molecule has 0 aliphatic heterocycles. The van der Waals surface area contributed by atoms with Gasteiger partial charge in [-0.05, 0) is 49.2 Å². The van der Waals surface area contributed by atoms with Gasteiger partial charge in [0.2, 0.25) is 0 Å². The van der Waals surface area contributed by atoms with Crippen molar-refractivity contribution >= 4 is 5.97 Å². The Labute approximate surface area is 128 Å². The van der Waals surface area contributed by atoms with Gasteiger partial charge in [-0.1, -0.05) is 6.07 Å². The Hall–Kier alpha value is -2.69. The summed E-state index contributed by atoms with van der Waals surface area (Å²) in [4.78, 5) is 11.8. The van der Waals surface area contributed by atoms with E-state index in [1.807, 2.05) is 32.0 Å². The van der Waals surface area contributed by atoms with Gasteiger partial charge in [0.1, 0.15) is 36.0 Å². The van der Waals surface area contributed by atoms with E-state index in [9.17, 15) is 15.0 Å². The molecule has 0 aliphatic carbocycles. The molecule has 2 rings (SSSR count). The van der Waals surface area contributed by atoms with Gasteiger partial charge in [0, 0.05) is 6.07 Å². The lowest BCUT2D eigenvalue weighted by Crippen LogP contribution is -2.12. The van der Waals surface area contributed by atoms with Gasteiger partial charge < -0.3 is 19.7 Å². The van der Waals surface area contributed by atoms with Gasteiger partial charge >= 0.3 is 5.97 Å². The third kappa shape index (κ3) is 4.15. The Morgan fingerprint density at radius 3 is 2.32 bits per heavy atom. The van der Waals surface area contributed by atoms with Crippen LogP contribution in [0.3, 0.4) is 0 Å². The van der Waals surface area contributed by atoms with Crippen LogP contribution in [0.25, 0.3) is 0 Å². The zero-order valence-electron chi connectivity index (χ0n) is 12.5. The normalized spacial score (nSPS) is 10.3. The first-order valence-corrected chi connectivity index (χ1v) is 6.86. The average Bonchev–Trinajstić information content (AvgIpc) is 2.42. The zero-order valence-corrected chi connectivity index (χ0v) is 12.5. The molecule has 2 aromatic carbocycles. The van der Waals surface area contributed by atoms with E-state index in [0.29, 0.717) is 0 Å². The predicted molar refractivity (Wildman–Crippen MR) is 81.5 cm³/mol. The van der Waals surface area contributed by atoms with Crippen LogP contribution in [0, 0.1) is 13.8 Å². The van der Waals surface area contributed by atoms with Gasteiger partial charge in [-0.15, -0.1) is 0 Å². The predicted octanol–water partition coefficient (Wildman–Crippen LogP) is 2.95. The van der Waals surface area contributed by atoms with Crippen LogP contribution in [0.5, 0.6) is 17.2 Å². The minimum atomic E-state index is -0.665. The molecule has 116 valence electrons. The van der Waals surface area contributed by atoms with Crippen LogP contribution in [0.1, 0.15) is 21.5 Å². The molecule has 0 aliphatic rings. The molecule has 0 bridgehead atoms. The summed E-state index contributed by atoms with van der Waals surface area (Å²) in [5.41, 5.74) is 2.20. The number of rotatable bonds is 5. The van der Waals surface area contributed by atoms with Gasteiger partial charge in [-0.25, -0.2) is 4.79 Å². The molecule has 2 N–H and O–H groups in total. The van der Waals surface area contributed by atoms with Crippen LogP contribution in [0.15, 0.2) is 36.4 Å². The lowest BCUT2D eigenvalue weighted by atomic mass is 10.1. The quantitative estimate of drug-likeness (QED) is 0.656. The summed E-state index contributed by atoms with van der Waals surface area (Å²) in [5, 5.41) is 18.7. The van der Waals surface area contributed by atoms with Crippen molar-refractivity contribution in [2.45, 2.75) is 13.8 Å². The van der Waals surface area contributed by atoms with E-state index in [0.717, 1.165) is 22.9 Å². The number of aromatic hydroxyl groups is 2. The van der Waals surface area contributed by atoms with E-state index in [1.54, 1.807) is 0 Å². The summed E-state index contributed by atoms with van der Waals surface area (Å²) in [6.45, 7) is 4.24. The van der Waals surface area contributed by atoms with Crippen molar-refractivity contribution < 1.29 is 24.5 Å². The highest BCUT2D eigenvalue weighted by atomic mass is 16.6. The summed E-state index contributed by atoms with van der Waals surface area (Å²) in [6, 6.07) is 9.55. The fourth-order valence-corrected chi connectivity index (χ4v) is 2.08.